The van der Waals surface area contributed by atoms with Gasteiger partial charge in [0.15, 0.2) is 11.5 Å². The highest BCUT2D eigenvalue weighted by Crippen LogP contribution is 2.62. The van der Waals surface area contributed by atoms with Crippen LogP contribution in [0.5, 0.6) is 11.5 Å². The van der Waals surface area contributed by atoms with E-state index in [0.717, 1.165) is 29.0 Å². The van der Waals surface area contributed by atoms with Gasteiger partial charge in [-0.25, -0.2) is 0 Å². The number of hydrogen-bond acceptors (Lipinski definition) is 4. The third-order valence-corrected chi connectivity index (χ3v) is 8.61. The van der Waals surface area contributed by atoms with Crippen LogP contribution in [-0.2, 0) is 11.3 Å². The van der Waals surface area contributed by atoms with Crippen molar-refractivity contribution in [2.24, 2.45) is 29.4 Å². The van der Waals surface area contributed by atoms with Gasteiger partial charge in [0.05, 0.1) is 5.92 Å². The third-order valence-electron chi connectivity index (χ3n) is 8.61. The molecule has 0 radical (unpaired) electrons. The Labute approximate surface area is 194 Å². The predicted molar refractivity (Wildman–Crippen MR) is 125 cm³/mol. The lowest BCUT2D eigenvalue weighted by Gasteiger charge is -2.31. The number of nitrogen functional groups attached to an aromatic ring is 1. The summed E-state index contributed by atoms with van der Waals surface area (Å²) < 4.78 is 11.0. The summed E-state index contributed by atoms with van der Waals surface area (Å²) in [6.07, 6.45) is 4.68. The number of ether oxygens (including phenoxy) is 2. The van der Waals surface area contributed by atoms with Gasteiger partial charge in [-0.2, -0.15) is 0 Å². The van der Waals surface area contributed by atoms with Gasteiger partial charge in [-0.3, -0.25) is 10.2 Å². The fourth-order valence-electron chi connectivity index (χ4n) is 7.38. The zero-order valence-corrected chi connectivity index (χ0v) is 19.0. The van der Waals surface area contributed by atoms with Crippen molar-refractivity contribution in [3.05, 3.63) is 59.2 Å². The summed E-state index contributed by atoms with van der Waals surface area (Å²) in [5.41, 5.74) is 8.75. The molecule has 6 nitrogen and oxygen atoms in total. The average molecular weight is 446 g/mol. The Kier molecular flexibility index (Phi) is 4.86. The number of carbonyl (C=O) groups excluding carboxylic acids is 1. The molecule has 4 unspecified atom stereocenters. The highest BCUT2D eigenvalue weighted by atomic mass is 16.7. The Bertz CT molecular complexity index is 1100. The number of benzene rings is 2. The Morgan fingerprint density at radius 1 is 1.06 bits per heavy atom. The minimum atomic E-state index is 0.0439. The van der Waals surface area contributed by atoms with Crippen molar-refractivity contribution >= 4 is 11.7 Å². The van der Waals surface area contributed by atoms with Crippen LogP contribution in [0.4, 0.5) is 0 Å². The van der Waals surface area contributed by atoms with Gasteiger partial charge in [0, 0.05) is 18.2 Å². The van der Waals surface area contributed by atoms with Gasteiger partial charge < -0.3 is 20.1 Å². The van der Waals surface area contributed by atoms with Crippen LogP contribution in [0, 0.1) is 29.1 Å². The summed E-state index contributed by atoms with van der Waals surface area (Å²) in [5.74, 6) is 3.85. The lowest BCUT2D eigenvalue weighted by molar-refractivity contribution is -0.133. The number of rotatable bonds is 5. The average Bonchev–Trinajstić information content (AvgIpc) is 3.57. The molecule has 2 heterocycles. The molecule has 2 saturated carbocycles. The Balaban J connectivity index is 1.33. The molecule has 4 aliphatic rings. The highest BCUT2D eigenvalue weighted by Gasteiger charge is 2.62. The summed E-state index contributed by atoms with van der Waals surface area (Å²) in [6.45, 7) is 3.11. The smallest absolute Gasteiger partial charge is 0.231 e. The molecule has 3 N–H and O–H groups in total. The second-order valence-corrected chi connectivity index (χ2v) is 10.1. The molecule has 6 rings (SSSR count). The van der Waals surface area contributed by atoms with Gasteiger partial charge in [-0.15, -0.1) is 0 Å². The van der Waals surface area contributed by atoms with Crippen LogP contribution in [0.15, 0.2) is 42.5 Å². The lowest BCUT2D eigenvalue weighted by atomic mass is 9.80. The van der Waals surface area contributed by atoms with E-state index in [1.807, 2.05) is 24.3 Å². The van der Waals surface area contributed by atoms with Crippen LogP contribution >= 0.6 is 0 Å². The molecule has 0 aromatic heterocycles. The molecule has 6 atom stereocenters. The first kappa shape index (κ1) is 20.6. The van der Waals surface area contributed by atoms with Gasteiger partial charge in [-0.05, 0) is 66.2 Å². The molecular formula is C27H31N3O3. The molecule has 33 heavy (non-hydrogen) atoms. The van der Waals surface area contributed by atoms with Crippen molar-refractivity contribution in [1.82, 2.24) is 4.90 Å². The van der Waals surface area contributed by atoms with Crippen molar-refractivity contribution in [2.45, 2.75) is 51.1 Å². The van der Waals surface area contributed by atoms with Crippen LogP contribution in [0.1, 0.15) is 55.2 Å². The van der Waals surface area contributed by atoms with Gasteiger partial charge in [0.25, 0.3) is 0 Å². The Morgan fingerprint density at radius 3 is 2.58 bits per heavy atom. The molecule has 0 bridgehead atoms. The quantitative estimate of drug-likeness (QED) is 0.531. The fraction of sp³-hybridized carbons (Fsp3) is 0.481. The van der Waals surface area contributed by atoms with E-state index in [2.05, 4.69) is 30.0 Å². The minimum absolute atomic E-state index is 0.0439. The largest absolute Gasteiger partial charge is 0.454 e. The third kappa shape index (κ3) is 3.14. The SMILES string of the molecule is CC[C@@H]1C2C3CCCC3[C@@H](c3ccc(C(=N)N)cc3)C2C(=O)N1Cc1ccc2c(c1)OCO2. The van der Waals surface area contributed by atoms with Crippen LogP contribution in [-0.4, -0.2) is 29.5 Å². The maximum atomic E-state index is 14.0. The summed E-state index contributed by atoms with van der Waals surface area (Å²) in [7, 11) is 0. The van der Waals surface area contributed by atoms with Gasteiger partial charge >= 0.3 is 0 Å². The topological polar surface area (TPSA) is 88.6 Å². The van der Waals surface area contributed by atoms with Crippen molar-refractivity contribution in [3.63, 3.8) is 0 Å². The first-order chi connectivity index (χ1) is 16.1. The molecule has 1 amide bonds. The van der Waals surface area contributed by atoms with E-state index in [9.17, 15) is 4.79 Å². The van der Waals surface area contributed by atoms with Crippen LogP contribution in [0.25, 0.3) is 0 Å². The number of nitrogens with zero attached hydrogens (tertiary/aromatic N) is 1. The number of amidine groups is 1. The maximum Gasteiger partial charge on any atom is 0.231 e. The molecule has 2 aromatic rings. The first-order valence-electron chi connectivity index (χ1n) is 12.2. The van der Waals surface area contributed by atoms with E-state index in [-0.39, 0.29) is 30.5 Å². The summed E-state index contributed by atoms with van der Waals surface area (Å²) in [6, 6.07) is 14.4. The number of nitrogens with one attached hydrogen (secondary N) is 1. The second kappa shape index (κ2) is 7.79. The van der Waals surface area contributed by atoms with Crippen molar-refractivity contribution in [3.8, 4) is 11.5 Å². The van der Waals surface area contributed by atoms with Crippen LogP contribution in [0.2, 0.25) is 0 Å². The summed E-state index contributed by atoms with van der Waals surface area (Å²) in [4.78, 5) is 16.2. The predicted octanol–water partition coefficient (Wildman–Crippen LogP) is 4.27. The monoisotopic (exact) mass is 445 g/mol. The number of fused-ring (bicyclic) bond motifs is 4. The van der Waals surface area contributed by atoms with Gasteiger partial charge in [0.1, 0.15) is 5.84 Å². The number of hydrogen-bond donors (Lipinski definition) is 2. The molecule has 6 heteroatoms. The van der Waals surface area contributed by atoms with E-state index in [0.29, 0.717) is 30.2 Å². The van der Waals surface area contributed by atoms with E-state index >= 15 is 0 Å². The number of amides is 1. The summed E-state index contributed by atoms with van der Waals surface area (Å²) >= 11 is 0. The highest BCUT2D eigenvalue weighted by molar-refractivity contribution is 5.95. The zero-order chi connectivity index (χ0) is 22.7. The van der Waals surface area contributed by atoms with E-state index in [4.69, 9.17) is 20.6 Å². The number of carbonyl (C=O) groups is 1. The van der Waals surface area contributed by atoms with E-state index in [1.54, 1.807) is 0 Å². The summed E-state index contributed by atoms with van der Waals surface area (Å²) in [5, 5.41) is 7.71. The van der Waals surface area contributed by atoms with Gasteiger partial charge in [0.2, 0.25) is 12.7 Å². The van der Waals surface area contributed by atoms with E-state index in [1.165, 1.54) is 24.8 Å². The van der Waals surface area contributed by atoms with Crippen molar-refractivity contribution in [2.75, 3.05) is 6.79 Å². The molecule has 2 aliphatic heterocycles. The second-order valence-electron chi connectivity index (χ2n) is 10.1. The number of nitrogens with two attached hydrogens (primary N) is 1. The van der Waals surface area contributed by atoms with Crippen LogP contribution < -0.4 is 15.2 Å². The normalized spacial score (nSPS) is 31.7. The van der Waals surface area contributed by atoms with Crippen LogP contribution in [0.3, 0.4) is 0 Å². The molecule has 2 aliphatic carbocycles. The molecule has 0 spiro atoms. The first-order valence-corrected chi connectivity index (χ1v) is 12.2. The molecule has 2 aromatic carbocycles. The maximum absolute atomic E-state index is 14.0. The fourth-order valence-corrected chi connectivity index (χ4v) is 7.38. The zero-order valence-electron chi connectivity index (χ0n) is 19.0. The minimum Gasteiger partial charge on any atom is -0.454 e. The number of likely N-dealkylation sites (tertiary alicyclic amines) is 1. The molecule has 1 saturated heterocycles. The van der Waals surface area contributed by atoms with E-state index < -0.39 is 0 Å². The molecule has 3 fully saturated rings. The Hall–Kier alpha value is -3.02. The van der Waals surface area contributed by atoms with Crippen molar-refractivity contribution in [1.29, 1.82) is 5.41 Å². The van der Waals surface area contributed by atoms with Gasteiger partial charge in [-0.1, -0.05) is 43.7 Å². The lowest BCUT2D eigenvalue weighted by Crippen LogP contribution is -2.37. The standard InChI is InChI=1S/C27H31N3O3/c1-2-20-24-19-5-3-4-18(19)23(16-7-9-17(10-8-16)26(28)29)25(24)27(31)30(20)13-15-6-11-21-22(12-15)33-14-32-21/h6-12,18-20,23-25H,2-5,13-14H2,1H3,(H3,28,29)/t18?,19?,20-,23-,24?,25?/m1/s1. The molecular weight excluding hydrogens is 414 g/mol. The Morgan fingerprint density at radius 2 is 1.82 bits per heavy atom. The van der Waals surface area contributed by atoms with Crippen molar-refractivity contribution < 1.29 is 14.3 Å². The molecule has 172 valence electrons.